The highest BCUT2D eigenvalue weighted by molar-refractivity contribution is 6.73. The summed E-state index contributed by atoms with van der Waals surface area (Å²) in [5.41, 5.74) is 1.16. The van der Waals surface area contributed by atoms with Gasteiger partial charge in [-0.1, -0.05) is 64.7 Å². The molecule has 1 amide bonds. The van der Waals surface area contributed by atoms with E-state index in [2.05, 4.69) is 51.8 Å². The maximum Gasteiger partial charge on any atom is 0.257 e. The Morgan fingerprint density at radius 3 is 1.98 bits per heavy atom. The molecular weight excluding hydrogens is 599 g/mol. The van der Waals surface area contributed by atoms with Crippen LogP contribution in [0.3, 0.4) is 0 Å². The number of pyridine rings is 1. The zero-order chi connectivity index (χ0) is 32.2. The lowest BCUT2D eigenvalue weighted by Crippen LogP contribution is -2.56. The lowest BCUT2D eigenvalue weighted by molar-refractivity contribution is -0.133. The molecule has 0 aliphatic heterocycles. The molecule has 0 saturated heterocycles. The fourth-order valence-electron chi connectivity index (χ4n) is 7.08. The van der Waals surface area contributed by atoms with E-state index in [1.165, 1.54) is 6.21 Å². The van der Waals surface area contributed by atoms with Crippen molar-refractivity contribution >= 4 is 49.4 Å². The molecule has 0 aromatic carbocycles. The Morgan fingerprint density at radius 2 is 1.56 bits per heavy atom. The van der Waals surface area contributed by atoms with Crippen molar-refractivity contribution in [1.29, 1.82) is 5.41 Å². The zero-order valence-corrected chi connectivity index (χ0v) is 30.0. The van der Waals surface area contributed by atoms with Crippen molar-refractivity contribution in [2.75, 3.05) is 13.1 Å². The number of amides is 1. The van der Waals surface area contributed by atoms with Gasteiger partial charge in [0.1, 0.15) is 5.78 Å². The van der Waals surface area contributed by atoms with Crippen LogP contribution in [0.15, 0.2) is 23.7 Å². The van der Waals surface area contributed by atoms with Gasteiger partial charge in [0.25, 0.3) is 5.91 Å². The molecule has 1 aromatic heterocycles. The number of carbonyl (C=O) groups excluding carboxylic acids is 2. The minimum absolute atomic E-state index is 0.150. The quantitative estimate of drug-likeness (QED) is 0.119. The van der Waals surface area contributed by atoms with E-state index in [-0.39, 0.29) is 28.8 Å². The van der Waals surface area contributed by atoms with Gasteiger partial charge in [0, 0.05) is 47.4 Å². The van der Waals surface area contributed by atoms with E-state index in [0.29, 0.717) is 39.2 Å². The average Bonchev–Trinajstić information content (AvgIpc) is 2.95. The van der Waals surface area contributed by atoms with Crippen LogP contribution in [0.1, 0.15) is 106 Å². The summed E-state index contributed by atoms with van der Waals surface area (Å²) in [5.74, 6) is 0.0800. The number of Topliss-reactive ketones (excluding diaryl/α,β-unsaturated/α-hetero) is 1. The van der Waals surface area contributed by atoms with Gasteiger partial charge >= 0.3 is 0 Å². The first-order chi connectivity index (χ1) is 20.1. The molecule has 1 aromatic rings. The number of ketones is 1. The molecule has 0 spiro atoms. The number of fused-ring (bicyclic) bond motifs is 3. The van der Waals surface area contributed by atoms with Gasteiger partial charge in [-0.25, -0.2) is 0 Å². The molecule has 1 heterocycles. The van der Waals surface area contributed by atoms with Gasteiger partial charge in [-0.05, 0) is 75.9 Å². The predicted molar refractivity (Wildman–Crippen MR) is 179 cm³/mol. The number of hydrogen-bond acceptors (Lipinski definition) is 6. The third-order valence-electron chi connectivity index (χ3n) is 10.1. The van der Waals surface area contributed by atoms with E-state index < -0.39 is 14.4 Å². The summed E-state index contributed by atoms with van der Waals surface area (Å²) in [5, 5.41) is 12.9. The normalized spacial score (nSPS) is 23.4. The minimum Gasteiger partial charge on any atom is -0.408 e. The van der Waals surface area contributed by atoms with Crippen LogP contribution in [0.4, 0.5) is 0 Å². The van der Waals surface area contributed by atoms with Gasteiger partial charge < -0.3 is 20.1 Å². The fraction of sp³-hybridized carbons (Fsp3) is 0.697. The van der Waals surface area contributed by atoms with Crippen LogP contribution in [0.5, 0.6) is 0 Å². The molecule has 1 atom stereocenters. The van der Waals surface area contributed by atoms with Crippen LogP contribution >= 0.6 is 23.2 Å². The summed E-state index contributed by atoms with van der Waals surface area (Å²) in [6.45, 7) is 17.2. The van der Waals surface area contributed by atoms with Crippen molar-refractivity contribution in [1.82, 2.24) is 15.2 Å². The van der Waals surface area contributed by atoms with Gasteiger partial charge in [-0.15, -0.1) is 0 Å². The van der Waals surface area contributed by atoms with Crippen molar-refractivity contribution in [2.45, 2.75) is 124 Å². The third-order valence-corrected chi connectivity index (χ3v) is 15.4. The van der Waals surface area contributed by atoms with Crippen molar-refractivity contribution in [2.24, 2.45) is 10.8 Å². The SMILES string of the molecule is CC[Si](CC)(CC)OC(CN(CC(C)(C)C)C(=O)/C(C=N)=C(\C)NC12CCC(C(C)=O)(CC1)CC2)c1c(Cl)cncc1Cl. The largest absolute Gasteiger partial charge is 0.408 e. The molecule has 10 heteroatoms. The van der Waals surface area contributed by atoms with E-state index in [9.17, 15) is 9.59 Å². The van der Waals surface area contributed by atoms with Crippen molar-refractivity contribution in [3.63, 3.8) is 0 Å². The number of carbonyl (C=O) groups is 2. The van der Waals surface area contributed by atoms with Crippen molar-refractivity contribution in [3.8, 4) is 0 Å². The summed E-state index contributed by atoms with van der Waals surface area (Å²) in [6.07, 6.45) is 9.09. The van der Waals surface area contributed by atoms with Crippen LogP contribution in [0.25, 0.3) is 0 Å². The highest BCUT2D eigenvalue weighted by Crippen LogP contribution is 2.53. The molecule has 240 valence electrons. The molecule has 2 bridgehead atoms. The Kier molecular flexibility index (Phi) is 11.7. The second kappa shape index (κ2) is 14.1. The number of nitrogens with zero attached hydrogens (tertiary/aromatic N) is 2. The molecular formula is C33H52Cl2N4O3Si. The van der Waals surface area contributed by atoms with E-state index in [1.54, 1.807) is 19.3 Å². The zero-order valence-electron chi connectivity index (χ0n) is 27.5. The maximum atomic E-state index is 14.4. The number of hydrogen-bond donors (Lipinski definition) is 2. The van der Waals surface area contributed by atoms with Crippen LogP contribution in [0, 0.1) is 16.2 Å². The highest BCUT2D eigenvalue weighted by Gasteiger charge is 2.51. The molecule has 3 saturated carbocycles. The molecule has 3 aliphatic carbocycles. The summed E-state index contributed by atoms with van der Waals surface area (Å²) in [7, 11) is -2.15. The molecule has 7 nitrogen and oxygen atoms in total. The Labute approximate surface area is 270 Å². The molecule has 3 fully saturated rings. The monoisotopic (exact) mass is 650 g/mol. The Hall–Kier alpha value is -1.74. The van der Waals surface area contributed by atoms with Gasteiger partial charge in [0.2, 0.25) is 0 Å². The summed E-state index contributed by atoms with van der Waals surface area (Å²) >= 11 is 13.4. The average molecular weight is 652 g/mol. The Bertz CT molecular complexity index is 1170. The summed E-state index contributed by atoms with van der Waals surface area (Å²) in [4.78, 5) is 32.7. The van der Waals surface area contributed by atoms with Gasteiger partial charge in [0.05, 0.1) is 28.3 Å². The van der Waals surface area contributed by atoms with Crippen LogP contribution < -0.4 is 5.32 Å². The number of allylic oxidation sites excluding steroid dienone is 1. The molecule has 4 rings (SSSR count). The smallest absolute Gasteiger partial charge is 0.257 e. The fourth-order valence-corrected chi connectivity index (χ4v) is 10.5. The molecule has 1 unspecified atom stereocenters. The summed E-state index contributed by atoms with van der Waals surface area (Å²) < 4.78 is 7.02. The van der Waals surface area contributed by atoms with Crippen molar-refractivity contribution < 1.29 is 14.0 Å². The third kappa shape index (κ3) is 8.11. The molecule has 2 N–H and O–H groups in total. The lowest BCUT2D eigenvalue weighted by atomic mass is 9.56. The van der Waals surface area contributed by atoms with Crippen LogP contribution in [-0.2, 0) is 14.0 Å². The van der Waals surface area contributed by atoms with Gasteiger partial charge in [-0.3, -0.25) is 14.6 Å². The maximum absolute atomic E-state index is 14.4. The Balaban J connectivity index is 1.99. The second-order valence-electron chi connectivity index (χ2n) is 14.0. The van der Waals surface area contributed by atoms with E-state index in [1.807, 2.05) is 11.8 Å². The van der Waals surface area contributed by atoms with E-state index in [0.717, 1.165) is 56.7 Å². The van der Waals surface area contributed by atoms with E-state index >= 15 is 0 Å². The second-order valence-corrected chi connectivity index (χ2v) is 19.6. The summed E-state index contributed by atoms with van der Waals surface area (Å²) in [6, 6.07) is 2.81. The minimum atomic E-state index is -2.15. The van der Waals surface area contributed by atoms with Gasteiger partial charge in [-0.2, -0.15) is 0 Å². The Morgan fingerprint density at radius 1 is 1.05 bits per heavy atom. The topological polar surface area (TPSA) is 95.4 Å². The van der Waals surface area contributed by atoms with E-state index in [4.69, 9.17) is 33.0 Å². The first-order valence-corrected chi connectivity index (χ1v) is 19.1. The molecule has 43 heavy (non-hydrogen) atoms. The van der Waals surface area contributed by atoms with Crippen LogP contribution in [0.2, 0.25) is 28.2 Å². The van der Waals surface area contributed by atoms with Gasteiger partial charge in [0.15, 0.2) is 8.32 Å². The predicted octanol–water partition coefficient (Wildman–Crippen LogP) is 8.52. The van der Waals surface area contributed by atoms with Crippen LogP contribution in [-0.4, -0.2) is 54.7 Å². The number of nitrogens with one attached hydrogen (secondary N) is 2. The lowest BCUT2D eigenvalue weighted by Gasteiger charge is -2.53. The first-order valence-electron chi connectivity index (χ1n) is 15.9. The standard InChI is InChI=1S/C33H52Cl2N4O3Si/c1-9-43(10-2,11-3)42-28(29-26(34)19-37-20-27(29)35)21-39(22-31(6,7)8)30(41)25(18-36)23(4)38-33-15-12-32(13-16-33,14-17-33)24(5)40/h18-20,28,36,38H,9-17,21-22H2,1-8H3/b25-23+,36-18?. The molecule has 0 radical (unpaired) electrons. The highest BCUT2D eigenvalue weighted by atomic mass is 35.5. The number of aromatic nitrogens is 1. The first kappa shape index (κ1) is 35.7. The molecule has 3 aliphatic rings. The number of rotatable bonds is 14. The van der Waals surface area contributed by atoms with Crippen molar-refractivity contribution in [3.05, 3.63) is 39.3 Å². The number of halogens is 2.